The Kier molecular flexibility index (Phi) is 3.49. The molecule has 1 amide bonds. The van der Waals surface area contributed by atoms with E-state index in [1.807, 2.05) is 0 Å². The van der Waals surface area contributed by atoms with Crippen molar-refractivity contribution in [3.05, 3.63) is 23.8 Å². The average Bonchev–Trinajstić information content (AvgIpc) is 3.04. The Morgan fingerprint density at radius 1 is 1.39 bits per heavy atom. The molecule has 0 saturated carbocycles. The number of benzene rings is 1. The van der Waals surface area contributed by atoms with Crippen molar-refractivity contribution in [1.82, 2.24) is 4.31 Å². The van der Waals surface area contributed by atoms with Gasteiger partial charge in [0.25, 0.3) is 0 Å². The topological polar surface area (TPSA) is 104 Å². The number of carbonyl (C=O) groups is 2. The number of hydrogen-bond donors (Lipinski definition) is 2. The van der Waals surface area contributed by atoms with Gasteiger partial charge in [-0.3, -0.25) is 9.59 Å². The van der Waals surface area contributed by atoms with E-state index in [0.717, 1.165) is 4.31 Å². The van der Waals surface area contributed by atoms with Gasteiger partial charge in [-0.25, -0.2) is 8.42 Å². The normalized spacial score (nSPS) is 23.6. The SMILES string of the molecule is CC1(C)C(=O)Nc2ccc(S(=O)(=O)N3CCC[C@H]3C(=O)O)cc21. The van der Waals surface area contributed by atoms with Gasteiger partial charge >= 0.3 is 5.97 Å². The minimum atomic E-state index is -3.91. The third-order valence-electron chi connectivity index (χ3n) is 4.58. The largest absolute Gasteiger partial charge is 0.480 e. The third-order valence-corrected chi connectivity index (χ3v) is 6.48. The van der Waals surface area contributed by atoms with Crippen LogP contribution < -0.4 is 5.32 Å². The van der Waals surface area contributed by atoms with Crippen molar-refractivity contribution in [3.8, 4) is 0 Å². The molecule has 0 unspecified atom stereocenters. The molecular weight excluding hydrogens is 320 g/mol. The summed E-state index contributed by atoms with van der Waals surface area (Å²) in [5, 5.41) is 11.9. The molecule has 0 spiro atoms. The molecule has 0 radical (unpaired) electrons. The summed E-state index contributed by atoms with van der Waals surface area (Å²) in [4.78, 5) is 23.2. The van der Waals surface area contributed by atoms with Crippen molar-refractivity contribution in [2.75, 3.05) is 11.9 Å². The van der Waals surface area contributed by atoms with Crippen molar-refractivity contribution in [2.45, 2.75) is 43.0 Å². The second-order valence-corrected chi connectivity index (χ2v) is 8.29. The van der Waals surface area contributed by atoms with Gasteiger partial charge in [0.2, 0.25) is 15.9 Å². The van der Waals surface area contributed by atoms with Crippen LogP contribution in [0.25, 0.3) is 0 Å². The molecule has 1 fully saturated rings. The Labute approximate surface area is 134 Å². The maximum Gasteiger partial charge on any atom is 0.322 e. The monoisotopic (exact) mass is 338 g/mol. The standard InChI is InChI=1S/C15H18N2O5S/c1-15(2)10-8-9(5-6-11(10)16-14(15)20)23(21,22)17-7-3-4-12(17)13(18)19/h5-6,8,12H,3-4,7H2,1-2H3,(H,16,20)(H,18,19)/t12-/m0/s1. The quantitative estimate of drug-likeness (QED) is 0.860. The minimum absolute atomic E-state index is 0.0222. The zero-order valence-corrected chi connectivity index (χ0v) is 13.7. The van der Waals surface area contributed by atoms with Gasteiger partial charge in [-0.05, 0) is 50.5 Å². The Morgan fingerprint density at radius 3 is 2.74 bits per heavy atom. The number of rotatable bonds is 3. The number of nitrogens with one attached hydrogen (secondary N) is 1. The van der Waals surface area contributed by atoms with Crippen LogP contribution in [0.1, 0.15) is 32.3 Å². The number of hydrogen-bond acceptors (Lipinski definition) is 4. The highest BCUT2D eigenvalue weighted by molar-refractivity contribution is 7.89. The van der Waals surface area contributed by atoms with E-state index in [1.54, 1.807) is 19.9 Å². The smallest absolute Gasteiger partial charge is 0.322 e. The van der Waals surface area contributed by atoms with Gasteiger partial charge in [-0.2, -0.15) is 4.31 Å². The van der Waals surface area contributed by atoms with Gasteiger partial charge in [-0.15, -0.1) is 0 Å². The van der Waals surface area contributed by atoms with Gasteiger partial charge in [0.05, 0.1) is 10.3 Å². The molecule has 2 aliphatic rings. The Hall–Kier alpha value is -1.93. The van der Waals surface area contributed by atoms with E-state index in [4.69, 9.17) is 0 Å². The van der Waals surface area contributed by atoms with Gasteiger partial charge in [-0.1, -0.05) is 0 Å². The molecule has 7 nitrogen and oxygen atoms in total. The van der Waals surface area contributed by atoms with E-state index in [2.05, 4.69) is 5.32 Å². The van der Waals surface area contributed by atoms with Crippen molar-refractivity contribution in [3.63, 3.8) is 0 Å². The third kappa shape index (κ3) is 2.33. The lowest BCUT2D eigenvalue weighted by Crippen LogP contribution is -2.40. The number of aliphatic carboxylic acids is 1. The lowest BCUT2D eigenvalue weighted by Gasteiger charge is -2.22. The minimum Gasteiger partial charge on any atom is -0.480 e. The molecule has 1 saturated heterocycles. The Balaban J connectivity index is 2.05. The molecule has 1 aromatic carbocycles. The molecule has 124 valence electrons. The molecule has 8 heteroatoms. The van der Waals surface area contributed by atoms with Crippen LogP contribution in [0.15, 0.2) is 23.1 Å². The van der Waals surface area contributed by atoms with Gasteiger partial charge in [0, 0.05) is 12.2 Å². The summed E-state index contributed by atoms with van der Waals surface area (Å²) in [6.07, 6.45) is 0.831. The zero-order chi connectivity index (χ0) is 17.0. The van der Waals surface area contributed by atoms with Gasteiger partial charge < -0.3 is 10.4 Å². The van der Waals surface area contributed by atoms with Crippen molar-refractivity contribution in [2.24, 2.45) is 0 Å². The second-order valence-electron chi connectivity index (χ2n) is 6.40. The lowest BCUT2D eigenvalue weighted by molar-refractivity contribution is -0.140. The maximum absolute atomic E-state index is 12.8. The highest BCUT2D eigenvalue weighted by atomic mass is 32.2. The van der Waals surface area contributed by atoms with Crippen molar-refractivity contribution >= 4 is 27.6 Å². The molecule has 2 aliphatic heterocycles. The predicted octanol–water partition coefficient (Wildman–Crippen LogP) is 1.15. The molecular formula is C15H18N2O5S. The number of nitrogens with zero attached hydrogens (tertiary/aromatic N) is 1. The number of sulfonamides is 1. The summed E-state index contributed by atoms with van der Waals surface area (Å²) in [6.45, 7) is 3.64. The van der Waals surface area contributed by atoms with Crippen LogP contribution in [0.5, 0.6) is 0 Å². The number of carboxylic acids is 1. The first kappa shape index (κ1) is 15.9. The first-order valence-electron chi connectivity index (χ1n) is 7.36. The highest BCUT2D eigenvalue weighted by Gasteiger charge is 2.42. The van der Waals surface area contributed by atoms with E-state index >= 15 is 0 Å². The van der Waals surface area contributed by atoms with E-state index < -0.39 is 27.4 Å². The highest BCUT2D eigenvalue weighted by Crippen LogP contribution is 2.39. The maximum atomic E-state index is 12.8. The van der Waals surface area contributed by atoms with Crippen molar-refractivity contribution in [1.29, 1.82) is 0 Å². The molecule has 1 atom stereocenters. The summed E-state index contributed by atoms with van der Waals surface area (Å²) < 4.78 is 26.6. The lowest BCUT2D eigenvalue weighted by atomic mass is 9.86. The van der Waals surface area contributed by atoms with E-state index in [-0.39, 0.29) is 17.3 Å². The van der Waals surface area contributed by atoms with Crippen LogP contribution in [0.3, 0.4) is 0 Å². The summed E-state index contributed by atoms with van der Waals surface area (Å²) >= 11 is 0. The molecule has 2 heterocycles. The molecule has 1 aromatic rings. The zero-order valence-electron chi connectivity index (χ0n) is 12.9. The van der Waals surface area contributed by atoms with E-state index in [1.165, 1.54) is 12.1 Å². The fourth-order valence-electron chi connectivity index (χ4n) is 3.12. The predicted molar refractivity (Wildman–Crippen MR) is 82.6 cm³/mol. The molecule has 0 aliphatic carbocycles. The Bertz CT molecular complexity index is 800. The van der Waals surface area contributed by atoms with E-state index in [0.29, 0.717) is 24.1 Å². The van der Waals surface area contributed by atoms with Crippen molar-refractivity contribution < 1.29 is 23.1 Å². The number of amides is 1. The van der Waals surface area contributed by atoms with Gasteiger partial charge in [0.1, 0.15) is 6.04 Å². The van der Waals surface area contributed by atoms with Crippen LogP contribution in [0.2, 0.25) is 0 Å². The van der Waals surface area contributed by atoms with Crippen LogP contribution in [0, 0.1) is 0 Å². The second kappa shape index (κ2) is 5.04. The van der Waals surface area contributed by atoms with E-state index in [9.17, 15) is 23.1 Å². The molecule has 23 heavy (non-hydrogen) atoms. The number of carbonyl (C=O) groups excluding carboxylic acids is 1. The van der Waals surface area contributed by atoms with Crippen LogP contribution in [-0.4, -0.2) is 42.3 Å². The number of anilines is 1. The fourth-order valence-corrected chi connectivity index (χ4v) is 4.80. The summed E-state index contributed by atoms with van der Waals surface area (Å²) in [7, 11) is -3.91. The average molecular weight is 338 g/mol. The van der Waals surface area contributed by atoms with Crippen LogP contribution in [-0.2, 0) is 25.0 Å². The van der Waals surface area contributed by atoms with Crippen LogP contribution in [0.4, 0.5) is 5.69 Å². The molecule has 3 rings (SSSR count). The summed E-state index contributed by atoms with van der Waals surface area (Å²) in [5.74, 6) is -1.32. The number of carboxylic acid groups (broad SMARTS) is 1. The fraction of sp³-hybridized carbons (Fsp3) is 0.467. The molecule has 2 N–H and O–H groups in total. The Morgan fingerprint density at radius 2 is 2.09 bits per heavy atom. The number of fused-ring (bicyclic) bond motifs is 1. The molecule has 0 bridgehead atoms. The van der Waals surface area contributed by atoms with Crippen LogP contribution >= 0.6 is 0 Å². The first-order chi connectivity index (χ1) is 10.7. The first-order valence-corrected chi connectivity index (χ1v) is 8.80. The summed E-state index contributed by atoms with van der Waals surface area (Å²) in [6, 6.07) is 3.41. The molecule has 0 aromatic heterocycles. The van der Waals surface area contributed by atoms with Gasteiger partial charge in [0.15, 0.2) is 0 Å². The summed E-state index contributed by atoms with van der Waals surface area (Å²) in [5.41, 5.74) is 0.378.